The topological polar surface area (TPSA) is 73.1 Å². The minimum atomic E-state index is -0.153. The lowest BCUT2D eigenvalue weighted by atomic mass is 10.0. The third-order valence-corrected chi connectivity index (χ3v) is 2.91. The molecule has 0 bridgehead atoms. The van der Waals surface area contributed by atoms with E-state index in [9.17, 15) is 10.2 Å². The summed E-state index contributed by atoms with van der Waals surface area (Å²) in [6.07, 6.45) is 1.10. The molecule has 18 heavy (non-hydrogen) atoms. The number of hydrogen-bond donors (Lipinski definition) is 3. The molecule has 0 saturated carbocycles. The molecular weight excluding hydrogens is 254 g/mol. The average molecular weight is 264 g/mol. The van der Waals surface area contributed by atoms with Crippen LogP contribution in [-0.4, -0.2) is 21.6 Å². The molecule has 0 aliphatic carbocycles. The Hall–Kier alpha value is -2.20. The van der Waals surface area contributed by atoms with Gasteiger partial charge in [-0.15, -0.1) is 0 Å². The quantitative estimate of drug-likeness (QED) is 0.442. The highest BCUT2D eigenvalue weighted by Gasteiger charge is 2.11. The second kappa shape index (κ2) is 4.98. The molecule has 0 aliphatic heterocycles. The van der Waals surface area contributed by atoms with Crippen molar-refractivity contribution in [3.63, 3.8) is 0 Å². The van der Waals surface area contributed by atoms with E-state index in [-0.39, 0.29) is 16.5 Å². The van der Waals surface area contributed by atoms with Crippen molar-refractivity contribution in [3.05, 3.63) is 47.0 Å². The zero-order valence-electron chi connectivity index (χ0n) is 9.21. The molecule has 2 rings (SSSR count). The summed E-state index contributed by atoms with van der Waals surface area (Å²) in [5, 5.41) is 30.5. The van der Waals surface area contributed by atoms with Crippen molar-refractivity contribution >= 4 is 17.8 Å². The van der Waals surface area contributed by atoms with E-state index in [1.54, 1.807) is 24.3 Å². The Morgan fingerprint density at radius 3 is 2.28 bits per heavy atom. The van der Waals surface area contributed by atoms with Crippen molar-refractivity contribution < 1.29 is 15.4 Å². The Morgan fingerprint density at radius 2 is 1.67 bits per heavy atom. The fraction of sp³-hybridized carbons (Fsp3) is 0. The van der Waals surface area contributed by atoms with Gasteiger partial charge >= 0.3 is 0 Å². The maximum Gasteiger partial charge on any atom is 0.143 e. The van der Waals surface area contributed by atoms with Crippen LogP contribution >= 0.6 is 11.6 Å². The molecule has 0 saturated heterocycles. The molecule has 92 valence electrons. The summed E-state index contributed by atoms with van der Waals surface area (Å²) in [4.78, 5) is 0. The molecule has 0 aliphatic rings. The predicted molar refractivity (Wildman–Crippen MR) is 69.6 cm³/mol. The third kappa shape index (κ3) is 2.24. The van der Waals surface area contributed by atoms with E-state index in [1.165, 1.54) is 12.1 Å². The number of rotatable bonds is 2. The summed E-state index contributed by atoms with van der Waals surface area (Å²) in [6.45, 7) is 0. The lowest BCUT2D eigenvalue weighted by Crippen LogP contribution is -1.87. The van der Waals surface area contributed by atoms with E-state index >= 15 is 0 Å². The number of oxime groups is 1. The van der Waals surface area contributed by atoms with Crippen LogP contribution in [-0.2, 0) is 0 Å². The Balaban J connectivity index is 2.53. The first-order valence-electron chi connectivity index (χ1n) is 5.12. The number of benzene rings is 2. The SMILES string of the molecule is O/N=C/c1ccc(-c2ccc(O)cc2)c(Cl)c1O. The second-order valence-corrected chi connectivity index (χ2v) is 4.03. The summed E-state index contributed by atoms with van der Waals surface area (Å²) < 4.78 is 0. The number of phenols is 2. The van der Waals surface area contributed by atoms with Gasteiger partial charge in [0.05, 0.1) is 11.2 Å². The number of aromatic hydroxyl groups is 2. The van der Waals surface area contributed by atoms with Gasteiger partial charge in [-0.1, -0.05) is 35.0 Å². The Labute approximate surface area is 108 Å². The molecule has 0 radical (unpaired) electrons. The molecule has 0 spiro atoms. The molecule has 0 amide bonds. The normalized spacial score (nSPS) is 10.9. The highest BCUT2D eigenvalue weighted by Crippen LogP contribution is 2.36. The van der Waals surface area contributed by atoms with Gasteiger partial charge in [0.15, 0.2) is 0 Å². The van der Waals surface area contributed by atoms with Gasteiger partial charge in [0.2, 0.25) is 0 Å². The number of nitrogens with zero attached hydrogens (tertiary/aromatic N) is 1. The van der Waals surface area contributed by atoms with Crippen LogP contribution in [0.2, 0.25) is 5.02 Å². The molecule has 0 unspecified atom stereocenters. The van der Waals surface area contributed by atoms with Crippen LogP contribution in [0.15, 0.2) is 41.6 Å². The molecule has 2 aromatic rings. The van der Waals surface area contributed by atoms with Crippen molar-refractivity contribution in [1.82, 2.24) is 0 Å². The summed E-state index contributed by atoms with van der Waals surface area (Å²) in [7, 11) is 0. The van der Waals surface area contributed by atoms with Gasteiger partial charge in [-0.25, -0.2) is 0 Å². The lowest BCUT2D eigenvalue weighted by molar-refractivity contribution is 0.321. The maximum atomic E-state index is 9.84. The van der Waals surface area contributed by atoms with E-state index in [0.717, 1.165) is 11.8 Å². The van der Waals surface area contributed by atoms with Crippen LogP contribution in [0.5, 0.6) is 11.5 Å². The first-order valence-corrected chi connectivity index (χ1v) is 5.49. The molecule has 0 atom stereocenters. The van der Waals surface area contributed by atoms with E-state index in [4.69, 9.17) is 16.8 Å². The van der Waals surface area contributed by atoms with Crippen LogP contribution in [0.4, 0.5) is 0 Å². The van der Waals surface area contributed by atoms with Crippen molar-refractivity contribution in [2.24, 2.45) is 5.16 Å². The third-order valence-electron chi connectivity index (χ3n) is 2.52. The van der Waals surface area contributed by atoms with Crippen LogP contribution in [0.1, 0.15) is 5.56 Å². The molecule has 2 aromatic carbocycles. The van der Waals surface area contributed by atoms with E-state index in [0.29, 0.717) is 11.1 Å². The maximum absolute atomic E-state index is 9.84. The molecule has 5 heteroatoms. The predicted octanol–water partition coefficient (Wildman–Crippen LogP) is 3.23. The van der Waals surface area contributed by atoms with Gasteiger partial charge in [-0.05, 0) is 23.8 Å². The first kappa shape index (κ1) is 12.3. The van der Waals surface area contributed by atoms with Gasteiger partial charge in [0.25, 0.3) is 0 Å². The zero-order chi connectivity index (χ0) is 13.1. The minimum absolute atomic E-state index is 0.153. The van der Waals surface area contributed by atoms with Gasteiger partial charge < -0.3 is 15.4 Å². The van der Waals surface area contributed by atoms with E-state index in [2.05, 4.69) is 5.16 Å². The standard InChI is InChI=1S/C13H10ClNO3/c14-12-11(8-1-4-10(16)5-2-8)6-3-9(7-15-18)13(12)17/h1-7,16-18H/b15-7+. The fourth-order valence-corrected chi connectivity index (χ4v) is 1.89. The lowest BCUT2D eigenvalue weighted by Gasteiger charge is -2.08. The highest BCUT2D eigenvalue weighted by atomic mass is 35.5. The average Bonchev–Trinajstić information content (AvgIpc) is 2.37. The molecule has 0 fully saturated rings. The van der Waals surface area contributed by atoms with Gasteiger partial charge in [-0.3, -0.25) is 0 Å². The molecule has 3 N–H and O–H groups in total. The van der Waals surface area contributed by atoms with Crippen molar-refractivity contribution in [2.45, 2.75) is 0 Å². The first-order chi connectivity index (χ1) is 8.63. The van der Waals surface area contributed by atoms with E-state index in [1.807, 2.05) is 0 Å². The van der Waals surface area contributed by atoms with Crippen molar-refractivity contribution in [2.75, 3.05) is 0 Å². The van der Waals surface area contributed by atoms with Gasteiger partial charge in [0, 0.05) is 11.1 Å². The van der Waals surface area contributed by atoms with Gasteiger partial charge in [-0.2, -0.15) is 0 Å². The molecular formula is C13H10ClNO3. The Morgan fingerprint density at radius 1 is 1.00 bits per heavy atom. The molecule has 0 aromatic heterocycles. The van der Waals surface area contributed by atoms with Crippen LogP contribution in [0, 0.1) is 0 Å². The van der Waals surface area contributed by atoms with Crippen LogP contribution < -0.4 is 0 Å². The van der Waals surface area contributed by atoms with Crippen molar-refractivity contribution in [1.29, 1.82) is 0 Å². The highest BCUT2D eigenvalue weighted by molar-refractivity contribution is 6.35. The number of phenolic OH excluding ortho intramolecular Hbond substituents is 2. The zero-order valence-corrected chi connectivity index (χ0v) is 9.96. The summed E-state index contributed by atoms with van der Waals surface area (Å²) in [5.41, 5.74) is 1.72. The largest absolute Gasteiger partial charge is 0.508 e. The monoisotopic (exact) mass is 263 g/mol. The molecule has 0 heterocycles. The summed E-state index contributed by atoms with van der Waals surface area (Å²) >= 11 is 6.05. The van der Waals surface area contributed by atoms with Crippen LogP contribution in [0.25, 0.3) is 11.1 Å². The van der Waals surface area contributed by atoms with Crippen molar-refractivity contribution in [3.8, 4) is 22.6 Å². The van der Waals surface area contributed by atoms with Gasteiger partial charge in [0.1, 0.15) is 11.5 Å². The molecule has 4 nitrogen and oxygen atoms in total. The Bertz CT molecular complexity index is 594. The second-order valence-electron chi connectivity index (χ2n) is 3.66. The van der Waals surface area contributed by atoms with E-state index < -0.39 is 0 Å². The summed E-state index contributed by atoms with van der Waals surface area (Å²) in [5.74, 6) is 0.00294. The van der Waals surface area contributed by atoms with Crippen LogP contribution in [0.3, 0.4) is 0 Å². The number of halogens is 1. The fourth-order valence-electron chi connectivity index (χ4n) is 1.61. The Kier molecular flexibility index (Phi) is 3.39. The smallest absolute Gasteiger partial charge is 0.143 e. The summed E-state index contributed by atoms with van der Waals surface area (Å²) in [6, 6.07) is 9.73. The minimum Gasteiger partial charge on any atom is -0.508 e. The number of hydrogen-bond acceptors (Lipinski definition) is 4.